The molecule has 0 radical (unpaired) electrons. The van der Waals surface area contributed by atoms with Crippen molar-refractivity contribution in [2.45, 2.75) is 25.8 Å². The van der Waals surface area contributed by atoms with Gasteiger partial charge in [-0.25, -0.2) is 9.97 Å². The van der Waals surface area contributed by atoms with Crippen LogP contribution < -0.4 is 10.1 Å². The Kier molecular flexibility index (Phi) is 4.41. The molecule has 0 spiro atoms. The molecular weight excluding hydrogens is 360 g/mol. The smallest absolute Gasteiger partial charge is 0.315 e. The van der Waals surface area contributed by atoms with Crippen molar-refractivity contribution in [1.29, 1.82) is 0 Å². The first-order valence-electron chi connectivity index (χ1n) is 9.24. The summed E-state index contributed by atoms with van der Waals surface area (Å²) in [5, 5.41) is 13.0. The molecule has 0 aliphatic carbocycles. The van der Waals surface area contributed by atoms with Gasteiger partial charge in [0.1, 0.15) is 17.8 Å². The Morgan fingerprint density at radius 2 is 2.00 bits per heavy atom. The molecule has 3 heterocycles. The molecule has 146 valence electrons. The van der Waals surface area contributed by atoms with Crippen LogP contribution in [0.4, 0.5) is 5.95 Å². The van der Waals surface area contributed by atoms with Crippen molar-refractivity contribution in [2.75, 3.05) is 25.0 Å². The molecule has 2 aliphatic rings. The Morgan fingerprint density at radius 1 is 1.29 bits per heavy atom. The second kappa shape index (κ2) is 6.78. The number of carbonyl (C=O) groups excluding carboxylic acids is 1. The van der Waals surface area contributed by atoms with Gasteiger partial charge >= 0.3 is 5.97 Å². The van der Waals surface area contributed by atoms with Gasteiger partial charge in [-0.1, -0.05) is 18.2 Å². The molecule has 2 aromatic rings. The molecule has 28 heavy (non-hydrogen) atoms. The Bertz CT molecular complexity index is 915. The fourth-order valence-corrected chi connectivity index (χ4v) is 3.95. The van der Waals surface area contributed by atoms with E-state index in [0.29, 0.717) is 23.8 Å². The van der Waals surface area contributed by atoms with Gasteiger partial charge in [0.05, 0.1) is 5.56 Å². The highest BCUT2D eigenvalue weighted by Gasteiger charge is 2.57. The zero-order valence-electron chi connectivity index (χ0n) is 15.8. The fraction of sp³-hybridized carbons (Fsp3) is 0.400. The van der Waals surface area contributed by atoms with Crippen LogP contribution in [0.3, 0.4) is 0 Å². The third-order valence-electron chi connectivity index (χ3n) is 5.35. The van der Waals surface area contributed by atoms with Gasteiger partial charge in [-0.2, -0.15) is 0 Å². The van der Waals surface area contributed by atoms with E-state index in [1.54, 1.807) is 4.90 Å². The number of benzene rings is 1. The lowest BCUT2D eigenvalue weighted by molar-refractivity contribution is -0.151. The third-order valence-corrected chi connectivity index (χ3v) is 5.35. The zero-order chi connectivity index (χ0) is 19.9. The predicted molar refractivity (Wildman–Crippen MR) is 101 cm³/mol. The number of rotatable bonds is 4. The SMILES string of the molecule is CC(C)Nc1ncc(C(=O)N2C[C@H]3c4ccccc4OC[C@@]3(C(=O)O)C2)cn1. The van der Waals surface area contributed by atoms with Crippen LogP contribution in [0.25, 0.3) is 0 Å². The number of likely N-dealkylation sites (tertiary alicyclic amines) is 1. The number of ether oxygens (including phenoxy) is 1. The molecule has 0 saturated carbocycles. The number of para-hydroxylation sites is 1. The number of nitrogens with zero attached hydrogens (tertiary/aromatic N) is 3. The number of anilines is 1. The monoisotopic (exact) mass is 382 g/mol. The van der Waals surface area contributed by atoms with Crippen LogP contribution in [0.5, 0.6) is 5.75 Å². The van der Waals surface area contributed by atoms with Crippen LogP contribution in [0, 0.1) is 5.41 Å². The average Bonchev–Trinajstić information content (AvgIpc) is 3.09. The van der Waals surface area contributed by atoms with Crippen LogP contribution in [-0.2, 0) is 4.79 Å². The van der Waals surface area contributed by atoms with E-state index in [2.05, 4.69) is 15.3 Å². The van der Waals surface area contributed by atoms with Gasteiger partial charge in [-0.15, -0.1) is 0 Å². The summed E-state index contributed by atoms with van der Waals surface area (Å²) in [6.45, 7) is 4.39. The molecule has 1 aromatic carbocycles. The Hall–Kier alpha value is -3.16. The molecule has 0 bridgehead atoms. The highest BCUT2D eigenvalue weighted by molar-refractivity contribution is 5.95. The summed E-state index contributed by atoms with van der Waals surface area (Å²) in [5.74, 6) is -0.405. The van der Waals surface area contributed by atoms with Crippen molar-refractivity contribution < 1.29 is 19.4 Å². The van der Waals surface area contributed by atoms with Gasteiger partial charge in [-0.05, 0) is 19.9 Å². The zero-order valence-corrected chi connectivity index (χ0v) is 15.8. The summed E-state index contributed by atoms with van der Waals surface area (Å²) in [4.78, 5) is 35.1. The molecule has 1 fully saturated rings. The van der Waals surface area contributed by atoms with E-state index in [4.69, 9.17) is 4.74 Å². The van der Waals surface area contributed by atoms with E-state index in [1.165, 1.54) is 12.4 Å². The second-order valence-corrected chi connectivity index (χ2v) is 7.62. The lowest BCUT2D eigenvalue weighted by atomic mass is 9.73. The highest BCUT2D eigenvalue weighted by atomic mass is 16.5. The van der Waals surface area contributed by atoms with E-state index >= 15 is 0 Å². The van der Waals surface area contributed by atoms with Crippen molar-refractivity contribution in [2.24, 2.45) is 5.41 Å². The molecule has 2 aliphatic heterocycles. The van der Waals surface area contributed by atoms with Gasteiger partial charge in [-0.3, -0.25) is 9.59 Å². The molecular formula is C20H22N4O4. The van der Waals surface area contributed by atoms with Gasteiger partial charge in [0.25, 0.3) is 5.91 Å². The lowest BCUT2D eigenvalue weighted by Gasteiger charge is -2.35. The maximum atomic E-state index is 13.0. The fourth-order valence-electron chi connectivity index (χ4n) is 3.95. The lowest BCUT2D eigenvalue weighted by Crippen LogP contribution is -2.46. The summed E-state index contributed by atoms with van der Waals surface area (Å²) >= 11 is 0. The number of carboxylic acid groups (broad SMARTS) is 1. The summed E-state index contributed by atoms with van der Waals surface area (Å²) in [5.41, 5.74) is 0.0196. The van der Waals surface area contributed by atoms with Gasteiger partial charge in [0, 0.05) is 43.0 Å². The first-order valence-corrected chi connectivity index (χ1v) is 9.24. The second-order valence-electron chi connectivity index (χ2n) is 7.62. The van der Waals surface area contributed by atoms with Gasteiger partial charge in [0.2, 0.25) is 5.95 Å². The normalized spacial score (nSPS) is 23.0. The van der Waals surface area contributed by atoms with E-state index in [1.807, 2.05) is 38.1 Å². The summed E-state index contributed by atoms with van der Waals surface area (Å²) in [7, 11) is 0. The number of aliphatic carboxylic acids is 1. The quantitative estimate of drug-likeness (QED) is 0.833. The highest BCUT2D eigenvalue weighted by Crippen LogP contribution is 2.49. The maximum absolute atomic E-state index is 13.0. The standard InChI is InChI=1S/C20H22N4O4/c1-12(2)23-19-21-7-13(8-22-19)17(25)24-9-15-14-5-3-4-6-16(14)28-11-20(15,10-24)18(26)27/h3-8,12,15H,9-11H2,1-2H3,(H,26,27)(H,21,22,23)/t15-,20-/m0/s1. The van der Waals surface area contributed by atoms with Crippen LogP contribution in [0.15, 0.2) is 36.7 Å². The van der Waals surface area contributed by atoms with Crippen LogP contribution >= 0.6 is 0 Å². The minimum absolute atomic E-state index is 0.0432. The number of carboxylic acids is 1. The molecule has 2 atom stereocenters. The van der Waals surface area contributed by atoms with E-state index in [-0.39, 0.29) is 31.0 Å². The Morgan fingerprint density at radius 3 is 2.68 bits per heavy atom. The third kappa shape index (κ3) is 2.94. The first kappa shape index (κ1) is 18.2. The topological polar surface area (TPSA) is 105 Å². The van der Waals surface area contributed by atoms with Crippen LogP contribution in [0.1, 0.15) is 35.7 Å². The number of nitrogens with one attached hydrogen (secondary N) is 1. The summed E-state index contributed by atoms with van der Waals surface area (Å²) in [6.07, 6.45) is 2.94. The minimum atomic E-state index is -1.15. The Balaban J connectivity index is 1.61. The molecule has 2 N–H and O–H groups in total. The largest absolute Gasteiger partial charge is 0.492 e. The number of hydrogen-bond acceptors (Lipinski definition) is 6. The molecule has 8 heteroatoms. The van der Waals surface area contributed by atoms with E-state index in [0.717, 1.165) is 5.56 Å². The number of carbonyl (C=O) groups is 2. The van der Waals surface area contributed by atoms with Crippen LogP contribution in [-0.4, -0.2) is 57.6 Å². The first-order chi connectivity index (χ1) is 13.4. The van der Waals surface area contributed by atoms with Crippen LogP contribution in [0.2, 0.25) is 0 Å². The molecule has 0 unspecified atom stereocenters. The average molecular weight is 382 g/mol. The maximum Gasteiger partial charge on any atom is 0.315 e. The van der Waals surface area contributed by atoms with E-state index < -0.39 is 11.4 Å². The number of aromatic nitrogens is 2. The number of amides is 1. The molecule has 1 amide bonds. The van der Waals surface area contributed by atoms with Crippen molar-refractivity contribution in [1.82, 2.24) is 14.9 Å². The minimum Gasteiger partial charge on any atom is -0.492 e. The number of hydrogen-bond donors (Lipinski definition) is 2. The predicted octanol–water partition coefficient (Wildman–Crippen LogP) is 2.00. The molecule has 8 nitrogen and oxygen atoms in total. The molecule has 4 rings (SSSR count). The van der Waals surface area contributed by atoms with Crippen molar-refractivity contribution in [3.63, 3.8) is 0 Å². The molecule has 1 saturated heterocycles. The van der Waals surface area contributed by atoms with Crippen molar-refractivity contribution in [3.8, 4) is 5.75 Å². The van der Waals surface area contributed by atoms with E-state index in [9.17, 15) is 14.7 Å². The number of fused-ring (bicyclic) bond motifs is 3. The van der Waals surface area contributed by atoms with Crippen molar-refractivity contribution >= 4 is 17.8 Å². The summed E-state index contributed by atoms with van der Waals surface area (Å²) < 4.78 is 5.74. The summed E-state index contributed by atoms with van der Waals surface area (Å²) in [6, 6.07) is 7.60. The van der Waals surface area contributed by atoms with Crippen molar-refractivity contribution in [3.05, 3.63) is 47.8 Å². The van der Waals surface area contributed by atoms with Gasteiger partial charge in [0.15, 0.2) is 0 Å². The van der Waals surface area contributed by atoms with Gasteiger partial charge < -0.3 is 20.1 Å². The molecule has 1 aromatic heterocycles. The Labute approximate surface area is 162 Å².